The number of ketones is 1. The van der Waals surface area contributed by atoms with Crippen molar-refractivity contribution in [2.24, 2.45) is 0 Å². The molecule has 0 heterocycles. The Morgan fingerprint density at radius 3 is 1.72 bits per heavy atom. The molecule has 0 fully saturated rings. The summed E-state index contributed by atoms with van der Waals surface area (Å²) in [7, 11) is 0. The first-order valence-corrected chi connectivity index (χ1v) is 6.62. The number of hydrogen-bond acceptors (Lipinski definition) is 2. The van der Waals surface area contributed by atoms with Crippen LogP contribution in [0.1, 0.15) is 53.4 Å². The summed E-state index contributed by atoms with van der Waals surface area (Å²) in [6, 6.07) is 0. The smallest absolute Gasteiger partial charge is 0.298 e. The SMILES string of the molecule is CCN(CC)C(CC)(CC)C(=O)CCC(F)(F)F. The van der Waals surface area contributed by atoms with E-state index in [-0.39, 0.29) is 5.78 Å². The zero-order valence-corrected chi connectivity index (χ0v) is 11.7. The first-order valence-electron chi connectivity index (χ1n) is 6.62. The molecule has 0 unspecified atom stereocenters. The Kier molecular flexibility index (Phi) is 6.89. The molecule has 2 nitrogen and oxygen atoms in total. The molecule has 0 rings (SSSR count). The van der Waals surface area contributed by atoms with Crippen LogP contribution in [-0.2, 0) is 4.79 Å². The summed E-state index contributed by atoms with van der Waals surface area (Å²) < 4.78 is 36.6. The molecule has 0 aliphatic heterocycles. The molecule has 0 aliphatic rings. The van der Waals surface area contributed by atoms with Gasteiger partial charge in [0.15, 0.2) is 5.78 Å². The maximum Gasteiger partial charge on any atom is 0.389 e. The van der Waals surface area contributed by atoms with Crippen molar-refractivity contribution in [2.45, 2.75) is 65.1 Å². The van der Waals surface area contributed by atoms with Crippen molar-refractivity contribution in [1.29, 1.82) is 0 Å². The minimum atomic E-state index is -4.26. The van der Waals surface area contributed by atoms with Crippen LogP contribution in [0.25, 0.3) is 0 Å². The van der Waals surface area contributed by atoms with E-state index in [1.165, 1.54) is 0 Å². The fourth-order valence-electron chi connectivity index (χ4n) is 2.58. The predicted octanol–water partition coefficient (Wildman–Crippen LogP) is 3.80. The van der Waals surface area contributed by atoms with Crippen LogP contribution in [0.2, 0.25) is 0 Å². The second-order valence-electron chi connectivity index (χ2n) is 4.45. The summed E-state index contributed by atoms with van der Waals surface area (Å²) in [5, 5.41) is 0. The average molecular weight is 267 g/mol. The van der Waals surface area contributed by atoms with Gasteiger partial charge in [0.05, 0.1) is 12.0 Å². The van der Waals surface area contributed by atoms with Crippen LogP contribution in [0.3, 0.4) is 0 Å². The zero-order chi connectivity index (χ0) is 14.4. The van der Waals surface area contributed by atoms with E-state index < -0.39 is 24.6 Å². The fraction of sp³-hybridized carbons (Fsp3) is 0.923. The maximum atomic E-state index is 12.2. The molecule has 0 saturated carbocycles. The molecule has 108 valence electrons. The van der Waals surface area contributed by atoms with Gasteiger partial charge in [-0.3, -0.25) is 9.69 Å². The lowest BCUT2D eigenvalue weighted by Gasteiger charge is -2.41. The summed E-state index contributed by atoms with van der Waals surface area (Å²) in [4.78, 5) is 14.2. The Hall–Kier alpha value is -0.580. The van der Waals surface area contributed by atoms with E-state index in [9.17, 15) is 18.0 Å². The molecule has 0 atom stereocenters. The van der Waals surface area contributed by atoms with Gasteiger partial charge in [0.25, 0.3) is 0 Å². The van der Waals surface area contributed by atoms with Crippen LogP contribution < -0.4 is 0 Å². The molecule has 18 heavy (non-hydrogen) atoms. The summed E-state index contributed by atoms with van der Waals surface area (Å²) in [5.74, 6) is -0.284. The quantitative estimate of drug-likeness (QED) is 0.666. The number of halogens is 3. The second-order valence-corrected chi connectivity index (χ2v) is 4.45. The van der Waals surface area contributed by atoms with Crippen LogP contribution in [-0.4, -0.2) is 35.5 Å². The first-order chi connectivity index (χ1) is 8.27. The Morgan fingerprint density at radius 2 is 1.44 bits per heavy atom. The molecular formula is C13H24F3NO. The third kappa shape index (κ3) is 4.26. The van der Waals surface area contributed by atoms with E-state index in [2.05, 4.69) is 0 Å². The lowest BCUT2D eigenvalue weighted by atomic mass is 9.83. The summed E-state index contributed by atoms with van der Waals surface area (Å²) >= 11 is 0. The lowest BCUT2D eigenvalue weighted by Crippen LogP contribution is -2.54. The highest BCUT2D eigenvalue weighted by molar-refractivity contribution is 5.88. The molecule has 0 saturated heterocycles. The largest absolute Gasteiger partial charge is 0.389 e. The summed E-state index contributed by atoms with van der Waals surface area (Å²) in [5.41, 5.74) is -0.727. The van der Waals surface area contributed by atoms with Gasteiger partial charge in [0.2, 0.25) is 0 Å². The van der Waals surface area contributed by atoms with Gasteiger partial charge >= 0.3 is 6.18 Å². The number of carbonyl (C=O) groups excluding carboxylic acids is 1. The summed E-state index contributed by atoms with van der Waals surface area (Å²) in [6.45, 7) is 8.95. The van der Waals surface area contributed by atoms with E-state index in [1.807, 2.05) is 32.6 Å². The van der Waals surface area contributed by atoms with Crippen LogP contribution in [0.4, 0.5) is 13.2 Å². The van der Waals surface area contributed by atoms with Gasteiger partial charge in [-0.15, -0.1) is 0 Å². The van der Waals surface area contributed by atoms with Crippen molar-refractivity contribution < 1.29 is 18.0 Å². The van der Waals surface area contributed by atoms with Crippen molar-refractivity contribution in [3.05, 3.63) is 0 Å². The van der Waals surface area contributed by atoms with Gasteiger partial charge in [0, 0.05) is 6.42 Å². The van der Waals surface area contributed by atoms with E-state index in [0.29, 0.717) is 25.9 Å². The van der Waals surface area contributed by atoms with E-state index in [0.717, 1.165) is 0 Å². The van der Waals surface area contributed by atoms with E-state index in [1.54, 1.807) is 0 Å². The Morgan fingerprint density at radius 1 is 1.00 bits per heavy atom. The normalized spacial score (nSPS) is 13.1. The number of rotatable bonds is 8. The monoisotopic (exact) mass is 267 g/mol. The van der Waals surface area contributed by atoms with Crippen LogP contribution in [0, 0.1) is 0 Å². The van der Waals surface area contributed by atoms with Crippen LogP contribution in [0.15, 0.2) is 0 Å². The first kappa shape index (κ1) is 17.4. The second kappa shape index (κ2) is 7.12. The average Bonchev–Trinajstić information content (AvgIpc) is 2.32. The van der Waals surface area contributed by atoms with Crippen molar-refractivity contribution in [1.82, 2.24) is 4.90 Å². The van der Waals surface area contributed by atoms with Crippen LogP contribution in [0.5, 0.6) is 0 Å². The highest BCUT2D eigenvalue weighted by atomic mass is 19.4. The van der Waals surface area contributed by atoms with Gasteiger partial charge in [-0.05, 0) is 25.9 Å². The third-order valence-corrected chi connectivity index (χ3v) is 3.69. The number of alkyl halides is 3. The minimum Gasteiger partial charge on any atom is -0.298 e. The Labute approximate surface area is 108 Å². The van der Waals surface area contributed by atoms with Gasteiger partial charge in [-0.25, -0.2) is 0 Å². The number of likely N-dealkylation sites (N-methyl/N-ethyl adjacent to an activating group) is 1. The number of nitrogens with zero attached hydrogens (tertiary/aromatic N) is 1. The van der Waals surface area contributed by atoms with Crippen molar-refractivity contribution >= 4 is 5.78 Å². The molecule has 0 aromatic heterocycles. The van der Waals surface area contributed by atoms with Gasteiger partial charge in [-0.1, -0.05) is 27.7 Å². The molecule has 5 heteroatoms. The van der Waals surface area contributed by atoms with E-state index in [4.69, 9.17) is 0 Å². The van der Waals surface area contributed by atoms with Crippen molar-refractivity contribution in [2.75, 3.05) is 13.1 Å². The number of hydrogen-bond donors (Lipinski definition) is 0. The molecule has 0 radical (unpaired) electrons. The molecule has 0 bridgehead atoms. The number of Topliss-reactive ketones (excluding diaryl/α,β-unsaturated/α-hetero) is 1. The minimum absolute atomic E-state index is 0.284. The fourth-order valence-corrected chi connectivity index (χ4v) is 2.58. The van der Waals surface area contributed by atoms with Crippen LogP contribution >= 0.6 is 0 Å². The molecule has 0 aromatic rings. The molecule has 0 aromatic carbocycles. The molecule has 0 N–H and O–H groups in total. The topological polar surface area (TPSA) is 20.3 Å². The van der Waals surface area contributed by atoms with Gasteiger partial charge in [0.1, 0.15) is 0 Å². The van der Waals surface area contributed by atoms with E-state index >= 15 is 0 Å². The lowest BCUT2D eigenvalue weighted by molar-refractivity contribution is -0.149. The third-order valence-electron chi connectivity index (χ3n) is 3.69. The highest BCUT2D eigenvalue weighted by Crippen LogP contribution is 2.30. The highest BCUT2D eigenvalue weighted by Gasteiger charge is 2.40. The maximum absolute atomic E-state index is 12.2. The summed E-state index contributed by atoms with van der Waals surface area (Å²) in [6.07, 6.45) is -4.58. The molecule has 0 amide bonds. The predicted molar refractivity (Wildman–Crippen MR) is 66.5 cm³/mol. The van der Waals surface area contributed by atoms with Crippen molar-refractivity contribution in [3.8, 4) is 0 Å². The Balaban J connectivity index is 4.92. The standard InChI is InChI=1S/C13H24F3NO/c1-5-12(6-2,17(7-3)8-4)11(18)9-10-13(14,15)16/h5-10H2,1-4H3. The van der Waals surface area contributed by atoms with Gasteiger partial charge in [-0.2, -0.15) is 13.2 Å². The molecule has 0 spiro atoms. The Bertz CT molecular complexity index is 255. The van der Waals surface area contributed by atoms with Gasteiger partial charge < -0.3 is 0 Å². The zero-order valence-electron chi connectivity index (χ0n) is 11.7. The van der Waals surface area contributed by atoms with Crippen molar-refractivity contribution in [3.63, 3.8) is 0 Å². The number of carbonyl (C=O) groups is 1. The molecular weight excluding hydrogens is 243 g/mol. The molecule has 0 aliphatic carbocycles.